The van der Waals surface area contributed by atoms with E-state index >= 15 is 4.39 Å². The van der Waals surface area contributed by atoms with Crippen LogP contribution in [0.4, 0.5) is 4.39 Å². The molecule has 1 aliphatic carbocycles. The van der Waals surface area contributed by atoms with Crippen LogP contribution in [0.1, 0.15) is 66.1 Å². The number of benzene rings is 2. The first-order chi connectivity index (χ1) is 16.0. The molecule has 1 amide bonds. The Morgan fingerprint density at radius 2 is 1.82 bits per heavy atom. The van der Waals surface area contributed by atoms with Crippen molar-refractivity contribution in [3.63, 3.8) is 0 Å². The largest absolute Gasteiger partial charge is 0.337 e. The van der Waals surface area contributed by atoms with Crippen molar-refractivity contribution in [1.29, 1.82) is 5.26 Å². The monoisotopic (exact) mass is 460 g/mol. The molecular weight excluding hydrogens is 434 g/mol. The van der Waals surface area contributed by atoms with E-state index in [1.54, 1.807) is 24.3 Å². The van der Waals surface area contributed by atoms with Gasteiger partial charge in [0.25, 0.3) is 5.91 Å². The molecule has 168 valence electrons. The third-order valence-corrected chi connectivity index (χ3v) is 7.02. The number of carbonyl (C=O) groups is 1. The molecule has 1 aliphatic heterocycles. The number of rotatable bonds is 4. The smallest absolute Gasteiger partial charge is 0.274 e. The van der Waals surface area contributed by atoms with Gasteiger partial charge in [-0.2, -0.15) is 10.4 Å². The first kappa shape index (κ1) is 21.8. The van der Waals surface area contributed by atoms with Crippen LogP contribution in [0.25, 0.3) is 16.9 Å². The topological polar surface area (TPSA) is 61.9 Å². The highest BCUT2D eigenvalue weighted by atomic mass is 31.0. The van der Waals surface area contributed by atoms with Crippen molar-refractivity contribution in [1.82, 2.24) is 14.7 Å². The Labute approximate surface area is 195 Å². The van der Waals surface area contributed by atoms with Gasteiger partial charge in [0.1, 0.15) is 11.5 Å². The summed E-state index contributed by atoms with van der Waals surface area (Å²) >= 11 is 0. The van der Waals surface area contributed by atoms with Crippen LogP contribution < -0.4 is 5.30 Å². The molecule has 2 fully saturated rings. The minimum Gasteiger partial charge on any atom is -0.337 e. The summed E-state index contributed by atoms with van der Waals surface area (Å²) in [6.07, 6.45) is 6.44. The molecule has 1 aromatic heterocycles. The van der Waals surface area contributed by atoms with Gasteiger partial charge in [-0.3, -0.25) is 4.79 Å². The lowest BCUT2D eigenvalue weighted by Crippen LogP contribution is -2.32. The number of hydrogen-bond acceptors (Lipinski definition) is 3. The van der Waals surface area contributed by atoms with Crippen molar-refractivity contribution >= 4 is 20.5 Å². The Hall–Kier alpha value is -3.03. The third kappa shape index (κ3) is 4.43. The molecule has 2 aliphatic rings. The second kappa shape index (κ2) is 9.08. The Kier molecular flexibility index (Phi) is 6.00. The predicted octanol–water partition coefficient (Wildman–Crippen LogP) is 4.94. The van der Waals surface area contributed by atoms with Crippen LogP contribution in [-0.4, -0.2) is 33.7 Å². The standard InChI is InChI=1S/C26H26FN4OP/c27-21-13-18(17-5-6-17)9-10-23(21)31-24(19-7-8-20(16-28)25(33)14-19)15-22(29-31)26(32)30-11-3-1-2-4-12-30/h7-10,13-15,17H,1-6,11-12,33H2. The fourth-order valence-corrected chi connectivity index (χ4v) is 4.84. The molecule has 0 spiro atoms. The van der Waals surface area contributed by atoms with E-state index in [1.165, 1.54) is 4.68 Å². The highest BCUT2D eigenvalue weighted by Gasteiger charge is 2.26. The van der Waals surface area contributed by atoms with Crippen molar-refractivity contribution < 1.29 is 9.18 Å². The minimum atomic E-state index is -0.350. The molecule has 0 bridgehead atoms. The maximum Gasteiger partial charge on any atom is 0.274 e. The fourth-order valence-electron chi connectivity index (χ4n) is 4.50. The molecule has 2 aromatic carbocycles. The summed E-state index contributed by atoms with van der Waals surface area (Å²) in [5.41, 5.74) is 3.59. The van der Waals surface area contributed by atoms with Crippen LogP contribution in [0, 0.1) is 17.1 Å². The molecule has 5 nitrogen and oxygen atoms in total. The van der Waals surface area contributed by atoms with Gasteiger partial charge >= 0.3 is 0 Å². The molecule has 1 saturated heterocycles. The molecule has 0 N–H and O–H groups in total. The van der Waals surface area contributed by atoms with E-state index in [1.807, 2.05) is 23.1 Å². The van der Waals surface area contributed by atoms with E-state index in [9.17, 15) is 10.1 Å². The lowest BCUT2D eigenvalue weighted by Gasteiger charge is -2.18. The van der Waals surface area contributed by atoms with Gasteiger partial charge in [0.2, 0.25) is 0 Å². The van der Waals surface area contributed by atoms with Gasteiger partial charge in [0.15, 0.2) is 5.69 Å². The molecule has 5 rings (SSSR count). The summed E-state index contributed by atoms with van der Waals surface area (Å²) in [6, 6.07) is 14.6. The minimum absolute atomic E-state index is 0.119. The third-order valence-electron chi connectivity index (χ3n) is 6.54. The van der Waals surface area contributed by atoms with E-state index in [2.05, 4.69) is 20.4 Å². The van der Waals surface area contributed by atoms with Gasteiger partial charge in [-0.1, -0.05) is 25.0 Å². The van der Waals surface area contributed by atoms with Crippen LogP contribution in [-0.2, 0) is 0 Å². The lowest BCUT2D eigenvalue weighted by molar-refractivity contribution is 0.0755. The van der Waals surface area contributed by atoms with Gasteiger partial charge in [0, 0.05) is 18.7 Å². The maximum atomic E-state index is 15.2. The highest BCUT2D eigenvalue weighted by Crippen LogP contribution is 2.41. The van der Waals surface area contributed by atoms with Crippen LogP contribution in [0.2, 0.25) is 0 Å². The Balaban J connectivity index is 1.59. The normalized spacial score (nSPS) is 16.3. The number of hydrogen-bond donors (Lipinski definition) is 0. The number of likely N-dealkylation sites (tertiary alicyclic amines) is 1. The zero-order valence-electron chi connectivity index (χ0n) is 18.4. The zero-order valence-corrected chi connectivity index (χ0v) is 19.6. The molecule has 1 unspecified atom stereocenters. The second-order valence-corrected chi connectivity index (χ2v) is 9.55. The number of nitrogens with zero attached hydrogens (tertiary/aromatic N) is 4. The molecule has 0 radical (unpaired) electrons. The van der Waals surface area contributed by atoms with Crippen molar-refractivity contribution in [2.24, 2.45) is 0 Å². The molecular formula is C26H26FN4OP. The molecule has 2 heterocycles. The number of halogens is 1. The number of nitriles is 1. The lowest BCUT2D eigenvalue weighted by atomic mass is 10.1. The van der Waals surface area contributed by atoms with Gasteiger partial charge in [-0.15, -0.1) is 9.24 Å². The Morgan fingerprint density at radius 3 is 2.45 bits per heavy atom. The van der Waals surface area contributed by atoms with Crippen molar-refractivity contribution in [2.45, 2.75) is 44.4 Å². The summed E-state index contributed by atoms with van der Waals surface area (Å²) in [5.74, 6) is -0.0204. The van der Waals surface area contributed by atoms with E-state index in [4.69, 9.17) is 0 Å². The predicted molar refractivity (Wildman–Crippen MR) is 129 cm³/mol. The quantitative estimate of drug-likeness (QED) is 0.518. The molecule has 33 heavy (non-hydrogen) atoms. The molecule has 1 saturated carbocycles. The first-order valence-electron chi connectivity index (χ1n) is 11.5. The molecule has 3 aromatic rings. The SMILES string of the molecule is N#Cc1ccc(-c2cc(C(=O)N3CCCCCC3)nn2-c2ccc(C3CC3)cc2F)cc1P. The van der Waals surface area contributed by atoms with Crippen LogP contribution in [0.3, 0.4) is 0 Å². The van der Waals surface area contributed by atoms with Crippen LogP contribution in [0.5, 0.6) is 0 Å². The Morgan fingerprint density at radius 1 is 1.06 bits per heavy atom. The fraction of sp³-hybridized carbons (Fsp3) is 0.346. The summed E-state index contributed by atoms with van der Waals surface area (Å²) in [4.78, 5) is 15.2. The van der Waals surface area contributed by atoms with E-state index in [0.29, 0.717) is 28.6 Å². The van der Waals surface area contributed by atoms with Crippen LogP contribution >= 0.6 is 9.24 Å². The van der Waals surface area contributed by atoms with Crippen LogP contribution in [0.15, 0.2) is 42.5 Å². The van der Waals surface area contributed by atoms with Gasteiger partial charge in [-0.25, -0.2) is 9.07 Å². The second-order valence-electron chi connectivity index (χ2n) is 8.93. The molecule has 7 heteroatoms. The summed E-state index contributed by atoms with van der Waals surface area (Å²) in [5, 5.41) is 14.6. The summed E-state index contributed by atoms with van der Waals surface area (Å²) < 4.78 is 16.8. The number of amides is 1. The van der Waals surface area contributed by atoms with Gasteiger partial charge in [-0.05, 0) is 72.8 Å². The van der Waals surface area contributed by atoms with Crippen molar-refractivity contribution in [3.8, 4) is 23.0 Å². The van der Waals surface area contributed by atoms with Crippen molar-refractivity contribution in [3.05, 3.63) is 65.1 Å². The average Bonchev–Trinajstić information content (AvgIpc) is 3.62. The zero-order chi connectivity index (χ0) is 22.9. The van der Waals surface area contributed by atoms with E-state index < -0.39 is 0 Å². The first-order valence-corrected chi connectivity index (χ1v) is 12.1. The van der Waals surface area contributed by atoms with Crippen molar-refractivity contribution in [2.75, 3.05) is 13.1 Å². The van der Waals surface area contributed by atoms with E-state index in [-0.39, 0.29) is 11.7 Å². The number of aromatic nitrogens is 2. The highest BCUT2D eigenvalue weighted by molar-refractivity contribution is 7.27. The Bertz CT molecular complexity index is 1250. The molecule has 1 atom stereocenters. The summed E-state index contributed by atoms with van der Waals surface area (Å²) in [7, 11) is 2.57. The maximum absolute atomic E-state index is 15.2. The van der Waals surface area contributed by atoms with E-state index in [0.717, 1.165) is 68.0 Å². The average molecular weight is 460 g/mol. The van der Waals surface area contributed by atoms with Gasteiger partial charge in [0.05, 0.1) is 17.3 Å². The van der Waals surface area contributed by atoms with Gasteiger partial charge < -0.3 is 4.90 Å². The number of carbonyl (C=O) groups excluding carboxylic acids is 1. The summed E-state index contributed by atoms with van der Waals surface area (Å²) in [6.45, 7) is 1.44.